The molecule has 1 fully saturated rings. The molecule has 2 aromatic carbocycles. The number of amides is 2. The van der Waals surface area contributed by atoms with E-state index in [-0.39, 0.29) is 23.1 Å². The number of carbonyl (C=O) groups is 2. The molecule has 1 aliphatic rings. The molecule has 2 aromatic rings. The lowest BCUT2D eigenvalue weighted by molar-refractivity contribution is -0.140. The number of nitrogens with zero attached hydrogens (tertiary/aromatic N) is 2. The highest BCUT2D eigenvalue weighted by Gasteiger charge is 2.28. The fourth-order valence-electron chi connectivity index (χ4n) is 4.55. The second kappa shape index (κ2) is 14.3. The Hall–Kier alpha value is -2.91. The maximum Gasteiger partial charge on any atom is 0.243 e. The maximum atomic E-state index is 13.4. The first kappa shape index (κ1) is 29.6. The van der Waals surface area contributed by atoms with Crippen molar-refractivity contribution >= 4 is 21.8 Å². The number of nitrogens with one attached hydrogen (secondary N) is 1. The minimum atomic E-state index is -3.47. The van der Waals surface area contributed by atoms with E-state index in [1.54, 1.807) is 43.2 Å². The van der Waals surface area contributed by atoms with Crippen LogP contribution in [0.2, 0.25) is 0 Å². The highest BCUT2D eigenvalue weighted by Crippen LogP contribution is 2.22. The van der Waals surface area contributed by atoms with Crippen LogP contribution in [-0.4, -0.2) is 62.2 Å². The number of carbonyl (C=O) groups excluding carboxylic acids is 2. The Morgan fingerprint density at radius 1 is 1.00 bits per heavy atom. The van der Waals surface area contributed by atoms with Gasteiger partial charge in [0.1, 0.15) is 11.8 Å². The van der Waals surface area contributed by atoms with Crippen LogP contribution < -0.4 is 10.1 Å². The molecule has 0 saturated carbocycles. The van der Waals surface area contributed by atoms with Gasteiger partial charge < -0.3 is 15.0 Å². The zero-order valence-corrected chi connectivity index (χ0v) is 23.6. The van der Waals surface area contributed by atoms with Gasteiger partial charge in [0.05, 0.1) is 12.0 Å². The van der Waals surface area contributed by atoms with Crippen LogP contribution in [0.3, 0.4) is 0 Å². The molecule has 0 bridgehead atoms. The molecule has 1 N–H and O–H groups in total. The lowest BCUT2D eigenvalue weighted by atomic mass is 10.1. The maximum absolute atomic E-state index is 13.4. The van der Waals surface area contributed by atoms with Gasteiger partial charge in [0, 0.05) is 32.6 Å². The van der Waals surface area contributed by atoms with E-state index in [9.17, 15) is 18.0 Å². The summed E-state index contributed by atoms with van der Waals surface area (Å²) in [5, 5.41) is 2.96. The minimum absolute atomic E-state index is 0.134. The summed E-state index contributed by atoms with van der Waals surface area (Å²) < 4.78 is 32.3. The third-order valence-corrected chi connectivity index (χ3v) is 8.93. The number of aryl methyl sites for hydroxylation is 1. The fourth-order valence-corrected chi connectivity index (χ4v) is 6.06. The van der Waals surface area contributed by atoms with Crippen LogP contribution in [0.5, 0.6) is 5.75 Å². The van der Waals surface area contributed by atoms with Crippen molar-refractivity contribution in [2.24, 2.45) is 0 Å². The topological polar surface area (TPSA) is 96.0 Å². The van der Waals surface area contributed by atoms with Gasteiger partial charge in [-0.3, -0.25) is 9.59 Å². The lowest BCUT2D eigenvalue weighted by Crippen LogP contribution is -2.47. The van der Waals surface area contributed by atoms with Gasteiger partial charge >= 0.3 is 0 Å². The molecular weight excluding hydrogens is 502 g/mol. The predicted octanol–water partition coefficient (Wildman–Crippen LogP) is 4.14. The molecule has 1 aliphatic heterocycles. The summed E-state index contributed by atoms with van der Waals surface area (Å²) >= 11 is 0. The molecule has 9 heteroatoms. The molecule has 208 valence electrons. The summed E-state index contributed by atoms with van der Waals surface area (Å²) in [6, 6.07) is 13.6. The number of unbranched alkanes of at least 4 members (excludes halogenated alkanes) is 2. The first-order valence-corrected chi connectivity index (χ1v) is 15.0. The predicted molar refractivity (Wildman–Crippen MR) is 148 cm³/mol. The average molecular weight is 544 g/mol. The smallest absolute Gasteiger partial charge is 0.243 e. The highest BCUT2D eigenvalue weighted by molar-refractivity contribution is 7.89. The molecule has 1 unspecified atom stereocenters. The number of hydrogen-bond acceptors (Lipinski definition) is 5. The number of methoxy groups -OCH3 is 1. The van der Waals surface area contributed by atoms with Crippen LogP contribution >= 0.6 is 0 Å². The third-order valence-electron chi connectivity index (χ3n) is 7.01. The van der Waals surface area contributed by atoms with Gasteiger partial charge in [-0.1, -0.05) is 44.0 Å². The zero-order chi connectivity index (χ0) is 27.5. The Bertz CT molecular complexity index is 1140. The summed E-state index contributed by atoms with van der Waals surface area (Å²) in [6.07, 6.45) is 5.46. The monoisotopic (exact) mass is 543 g/mol. The molecule has 1 heterocycles. The Kier molecular flexibility index (Phi) is 11.2. The van der Waals surface area contributed by atoms with E-state index in [4.69, 9.17) is 4.74 Å². The Morgan fingerprint density at radius 2 is 1.63 bits per heavy atom. The molecule has 38 heavy (non-hydrogen) atoms. The SMILES string of the molecule is CCCCCNC(=O)C(C)N(Cc1ccc(OC)cc1)C(=O)CCc1ccc(S(=O)(=O)N2CCCC2)cc1. The molecule has 2 amide bonds. The van der Waals surface area contributed by atoms with E-state index in [0.717, 1.165) is 49.0 Å². The van der Waals surface area contributed by atoms with Crippen molar-refractivity contribution in [1.29, 1.82) is 0 Å². The van der Waals surface area contributed by atoms with Gasteiger partial charge in [-0.2, -0.15) is 4.31 Å². The second-order valence-corrected chi connectivity index (χ2v) is 11.7. The van der Waals surface area contributed by atoms with Gasteiger partial charge in [-0.25, -0.2) is 8.42 Å². The van der Waals surface area contributed by atoms with Crippen molar-refractivity contribution < 1.29 is 22.7 Å². The lowest BCUT2D eigenvalue weighted by Gasteiger charge is -2.29. The standard InChI is InChI=1S/C29H41N3O5S/c1-4-5-6-19-30-29(34)23(2)32(22-25-9-14-26(37-3)15-10-25)28(33)18-13-24-11-16-27(17-12-24)38(35,36)31-20-7-8-21-31/h9-12,14-17,23H,4-8,13,18-22H2,1-3H3,(H,30,34). The van der Waals surface area contributed by atoms with Crippen LogP contribution in [0.1, 0.15) is 63.5 Å². The Balaban J connectivity index is 1.67. The highest BCUT2D eigenvalue weighted by atomic mass is 32.2. The molecule has 3 rings (SSSR count). The van der Waals surface area contributed by atoms with Crippen molar-refractivity contribution in [3.05, 3.63) is 59.7 Å². The van der Waals surface area contributed by atoms with Gasteiger partial charge in [0.2, 0.25) is 21.8 Å². The van der Waals surface area contributed by atoms with Gasteiger partial charge in [-0.15, -0.1) is 0 Å². The molecule has 1 saturated heterocycles. The van der Waals surface area contributed by atoms with E-state index in [2.05, 4.69) is 12.2 Å². The Morgan fingerprint density at radius 3 is 2.24 bits per heavy atom. The summed E-state index contributed by atoms with van der Waals surface area (Å²) in [5.41, 5.74) is 1.78. The van der Waals surface area contributed by atoms with Crippen molar-refractivity contribution in [3.63, 3.8) is 0 Å². The Labute approximate surface area is 227 Å². The first-order valence-electron chi connectivity index (χ1n) is 13.6. The summed E-state index contributed by atoms with van der Waals surface area (Å²) in [7, 11) is -1.87. The second-order valence-electron chi connectivity index (χ2n) is 9.80. The molecule has 0 radical (unpaired) electrons. The normalized spacial score (nSPS) is 14.7. The minimum Gasteiger partial charge on any atom is -0.497 e. The quantitative estimate of drug-likeness (QED) is 0.362. The van der Waals surface area contributed by atoms with Crippen LogP contribution in [0.4, 0.5) is 0 Å². The van der Waals surface area contributed by atoms with Gasteiger partial charge in [-0.05, 0) is 68.0 Å². The first-order chi connectivity index (χ1) is 18.3. The van der Waals surface area contributed by atoms with E-state index >= 15 is 0 Å². The summed E-state index contributed by atoms with van der Waals surface area (Å²) in [6.45, 7) is 5.89. The van der Waals surface area contributed by atoms with E-state index in [1.165, 1.54) is 4.31 Å². The number of sulfonamides is 1. The molecule has 0 aliphatic carbocycles. The van der Waals surface area contributed by atoms with Gasteiger partial charge in [0.15, 0.2) is 0 Å². The van der Waals surface area contributed by atoms with E-state index in [1.807, 2.05) is 24.3 Å². The largest absolute Gasteiger partial charge is 0.497 e. The number of benzene rings is 2. The summed E-state index contributed by atoms with van der Waals surface area (Å²) in [4.78, 5) is 28.2. The van der Waals surface area contributed by atoms with Crippen LogP contribution in [-0.2, 0) is 32.6 Å². The van der Waals surface area contributed by atoms with Crippen molar-refractivity contribution in [2.75, 3.05) is 26.7 Å². The van der Waals surface area contributed by atoms with Crippen molar-refractivity contribution in [3.8, 4) is 5.75 Å². The van der Waals surface area contributed by atoms with Crippen LogP contribution in [0, 0.1) is 0 Å². The van der Waals surface area contributed by atoms with Crippen LogP contribution in [0.15, 0.2) is 53.4 Å². The van der Waals surface area contributed by atoms with Crippen molar-refractivity contribution in [1.82, 2.24) is 14.5 Å². The third kappa shape index (κ3) is 8.04. The molecule has 0 aromatic heterocycles. The number of rotatable bonds is 14. The molecule has 8 nitrogen and oxygen atoms in total. The number of hydrogen-bond donors (Lipinski definition) is 1. The van der Waals surface area contributed by atoms with Crippen molar-refractivity contribution in [2.45, 2.75) is 76.3 Å². The van der Waals surface area contributed by atoms with Crippen LogP contribution in [0.25, 0.3) is 0 Å². The van der Waals surface area contributed by atoms with E-state index < -0.39 is 16.1 Å². The summed E-state index contributed by atoms with van der Waals surface area (Å²) in [5.74, 6) is 0.425. The fraction of sp³-hybridized carbons (Fsp3) is 0.517. The van der Waals surface area contributed by atoms with E-state index in [0.29, 0.717) is 32.6 Å². The molecule has 0 spiro atoms. The molecular formula is C29H41N3O5S. The zero-order valence-electron chi connectivity index (χ0n) is 22.8. The number of ether oxygens (including phenoxy) is 1. The van der Waals surface area contributed by atoms with Gasteiger partial charge in [0.25, 0.3) is 0 Å². The average Bonchev–Trinajstić information content (AvgIpc) is 3.49. The molecule has 1 atom stereocenters.